The quantitative estimate of drug-likeness (QED) is 0.601. The summed E-state index contributed by atoms with van der Waals surface area (Å²) in [7, 11) is 1.67. The van der Waals surface area contributed by atoms with Crippen molar-refractivity contribution in [3.8, 4) is 17.6 Å². The number of methoxy groups -OCH3 is 1. The standard InChI is InChI=1S/C21H23N5O2S/c1-3-5-15-11-22-12-19(24-15)23-10-14-8-17(27-2)20-18(9-14)29-21(26-20)25-16-6-4-7-28-13-16/h8-9,11-12,16H,4,6-7,10,13H2,1-2H3,(H,23,24)(H,25,26). The fourth-order valence-corrected chi connectivity index (χ4v) is 4.26. The third-order valence-corrected chi connectivity index (χ3v) is 5.52. The summed E-state index contributed by atoms with van der Waals surface area (Å²) in [6.07, 6.45) is 5.53. The number of nitrogens with zero attached hydrogens (tertiary/aromatic N) is 3. The molecule has 1 fully saturated rings. The van der Waals surface area contributed by atoms with Crippen molar-refractivity contribution in [1.82, 2.24) is 15.0 Å². The zero-order valence-corrected chi connectivity index (χ0v) is 17.3. The van der Waals surface area contributed by atoms with Gasteiger partial charge >= 0.3 is 0 Å². The molecule has 0 radical (unpaired) electrons. The number of aromatic nitrogens is 3. The lowest BCUT2D eigenvalue weighted by Crippen LogP contribution is -2.29. The highest BCUT2D eigenvalue weighted by Crippen LogP contribution is 2.34. The molecule has 7 nitrogen and oxygen atoms in total. The van der Waals surface area contributed by atoms with Gasteiger partial charge in [0.05, 0.1) is 36.9 Å². The van der Waals surface area contributed by atoms with Crippen molar-refractivity contribution in [3.05, 3.63) is 35.8 Å². The Labute approximate surface area is 173 Å². The Balaban J connectivity index is 1.52. The third-order valence-electron chi connectivity index (χ3n) is 4.59. The van der Waals surface area contributed by atoms with Gasteiger partial charge in [-0.1, -0.05) is 17.3 Å². The maximum atomic E-state index is 5.59. The van der Waals surface area contributed by atoms with Crippen LogP contribution in [0.25, 0.3) is 10.2 Å². The average molecular weight is 410 g/mol. The number of nitrogens with one attached hydrogen (secondary N) is 2. The number of rotatable bonds is 6. The van der Waals surface area contributed by atoms with E-state index in [0.29, 0.717) is 24.1 Å². The molecule has 4 rings (SSSR count). The van der Waals surface area contributed by atoms with Crippen LogP contribution < -0.4 is 15.4 Å². The first-order valence-electron chi connectivity index (χ1n) is 9.55. The van der Waals surface area contributed by atoms with E-state index in [9.17, 15) is 0 Å². The third kappa shape index (κ3) is 4.75. The van der Waals surface area contributed by atoms with Gasteiger partial charge in [-0.05, 0) is 43.4 Å². The predicted octanol–water partition coefficient (Wildman–Crippen LogP) is 3.67. The van der Waals surface area contributed by atoms with Crippen molar-refractivity contribution in [2.45, 2.75) is 32.4 Å². The maximum Gasteiger partial charge on any atom is 0.184 e. The summed E-state index contributed by atoms with van der Waals surface area (Å²) in [6.45, 7) is 3.95. The van der Waals surface area contributed by atoms with E-state index in [1.54, 1.807) is 37.8 Å². The lowest BCUT2D eigenvalue weighted by atomic mass is 10.1. The molecule has 1 saturated heterocycles. The van der Waals surface area contributed by atoms with E-state index >= 15 is 0 Å². The van der Waals surface area contributed by atoms with E-state index in [4.69, 9.17) is 14.5 Å². The molecule has 1 atom stereocenters. The van der Waals surface area contributed by atoms with Gasteiger partial charge in [0.25, 0.3) is 0 Å². The van der Waals surface area contributed by atoms with Crippen LogP contribution in [0.5, 0.6) is 5.75 Å². The van der Waals surface area contributed by atoms with Crippen LogP contribution >= 0.6 is 11.3 Å². The topological polar surface area (TPSA) is 81.2 Å². The van der Waals surface area contributed by atoms with Crippen LogP contribution in [0, 0.1) is 11.8 Å². The van der Waals surface area contributed by atoms with Crippen molar-refractivity contribution >= 4 is 32.5 Å². The molecule has 0 amide bonds. The maximum absolute atomic E-state index is 5.59. The van der Waals surface area contributed by atoms with Crippen LogP contribution in [0.3, 0.4) is 0 Å². The van der Waals surface area contributed by atoms with Gasteiger partial charge < -0.3 is 20.1 Å². The van der Waals surface area contributed by atoms with Gasteiger partial charge in [-0.2, -0.15) is 0 Å². The van der Waals surface area contributed by atoms with Gasteiger partial charge in [0, 0.05) is 13.2 Å². The van der Waals surface area contributed by atoms with Gasteiger partial charge in [0.2, 0.25) is 0 Å². The van der Waals surface area contributed by atoms with Crippen LogP contribution in [0.2, 0.25) is 0 Å². The summed E-state index contributed by atoms with van der Waals surface area (Å²) in [6, 6.07) is 4.45. The lowest BCUT2D eigenvalue weighted by Gasteiger charge is -2.22. The molecule has 0 bridgehead atoms. The molecule has 1 aliphatic rings. The molecule has 3 aromatic rings. The Kier molecular flexibility index (Phi) is 6.08. The van der Waals surface area contributed by atoms with Crippen molar-refractivity contribution in [2.24, 2.45) is 0 Å². The molecule has 1 aromatic carbocycles. The van der Waals surface area contributed by atoms with E-state index in [1.807, 2.05) is 6.07 Å². The van der Waals surface area contributed by atoms with Gasteiger partial charge in [0.1, 0.15) is 22.8 Å². The van der Waals surface area contributed by atoms with Crippen LogP contribution in [-0.2, 0) is 11.3 Å². The first-order valence-corrected chi connectivity index (χ1v) is 10.4. The first kappa shape index (κ1) is 19.4. The summed E-state index contributed by atoms with van der Waals surface area (Å²) in [5, 5.41) is 7.70. The van der Waals surface area contributed by atoms with Crippen molar-refractivity contribution in [3.63, 3.8) is 0 Å². The van der Waals surface area contributed by atoms with E-state index in [1.165, 1.54) is 0 Å². The number of fused-ring (bicyclic) bond motifs is 1. The fraction of sp³-hybridized carbons (Fsp3) is 0.381. The van der Waals surface area contributed by atoms with Crippen LogP contribution in [-0.4, -0.2) is 41.3 Å². The predicted molar refractivity (Wildman–Crippen MR) is 116 cm³/mol. The molecule has 1 unspecified atom stereocenters. The fourth-order valence-electron chi connectivity index (χ4n) is 3.23. The summed E-state index contributed by atoms with van der Waals surface area (Å²) < 4.78 is 12.2. The Hall–Kier alpha value is -2.89. The Morgan fingerprint density at radius 2 is 2.24 bits per heavy atom. The van der Waals surface area contributed by atoms with Crippen molar-refractivity contribution in [1.29, 1.82) is 0 Å². The molecule has 0 saturated carbocycles. The SMILES string of the molecule is CC#Cc1cncc(NCc2cc(OC)c3nc(NC4CCCOC4)sc3c2)n1. The lowest BCUT2D eigenvalue weighted by molar-refractivity contribution is 0.0876. The number of thiazole rings is 1. The zero-order chi connectivity index (χ0) is 20.1. The van der Waals surface area contributed by atoms with Crippen LogP contribution in [0.15, 0.2) is 24.5 Å². The normalized spacial score (nSPS) is 16.1. The largest absolute Gasteiger partial charge is 0.494 e. The zero-order valence-electron chi connectivity index (χ0n) is 16.5. The van der Waals surface area contributed by atoms with Gasteiger partial charge in [-0.15, -0.1) is 0 Å². The van der Waals surface area contributed by atoms with Gasteiger partial charge in [-0.3, -0.25) is 4.98 Å². The highest BCUT2D eigenvalue weighted by atomic mass is 32.1. The van der Waals surface area contributed by atoms with Crippen molar-refractivity contribution < 1.29 is 9.47 Å². The summed E-state index contributed by atoms with van der Waals surface area (Å²) in [4.78, 5) is 13.4. The summed E-state index contributed by atoms with van der Waals surface area (Å²) >= 11 is 1.63. The molecule has 150 valence electrons. The van der Waals surface area contributed by atoms with E-state index in [0.717, 1.165) is 52.7 Å². The summed E-state index contributed by atoms with van der Waals surface area (Å²) in [5.41, 5.74) is 2.61. The minimum atomic E-state index is 0.313. The molecular weight excluding hydrogens is 386 g/mol. The Morgan fingerprint density at radius 3 is 3.03 bits per heavy atom. The minimum absolute atomic E-state index is 0.313. The minimum Gasteiger partial charge on any atom is -0.494 e. The molecule has 0 spiro atoms. The molecule has 0 aliphatic carbocycles. The molecule has 2 aromatic heterocycles. The molecule has 3 heterocycles. The number of ether oxygens (including phenoxy) is 2. The summed E-state index contributed by atoms with van der Waals surface area (Å²) in [5.74, 6) is 7.21. The van der Waals surface area contributed by atoms with E-state index in [-0.39, 0.29) is 0 Å². The molecular formula is C21H23N5O2S. The number of hydrogen-bond donors (Lipinski definition) is 2. The molecule has 8 heteroatoms. The average Bonchev–Trinajstić information content (AvgIpc) is 3.15. The Morgan fingerprint density at radius 1 is 1.31 bits per heavy atom. The van der Waals surface area contributed by atoms with Crippen LogP contribution in [0.1, 0.15) is 31.0 Å². The monoisotopic (exact) mass is 409 g/mol. The van der Waals surface area contributed by atoms with Gasteiger partial charge in [-0.25, -0.2) is 9.97 Å². The highest BCUT2D eigenvalue weighted by Gasteiger charge is 2.17. The first-order chi connectivity index (χ1) is 14.2. The number of anilines is 2. The number of benzene rings is 1. The van der Waals surface area contributed by atoms with Crippen LogP contribution in [0.4, 0.5) is 10.9 Å². The molecule has 1 aliphatic heterocycles. The van der Waals surface area contributed by atoms with Crippen molar-refractivity contribution in [2.75, 3.05) is 31.0 Å². The number of hydrogen-bond acceptors (Lipinski definition) is 8. The second-order valence-electron chi connectivity index (χ2n) is 6.74. The Bertz CT molecular complexity index is 1050. The molecule has 2 N–H and O–H groups in total. The van der Waals surface area contributed by atoms with E-state index in [2.05, 4.69) is 38.5 Å². The second kappa shape index (κ2) is 9.07. The molecule has 29 heavy (non-hydrogen) atoms. The highest BCUT2D eigenvalue weighted by molar-refractivity contribution is 7.22. The smallest absolute Gasteiger partial charge is 0.184 e. The second-order valence-corrected chi connectivity index (χ2v) is 7.77. The van der Waals surface area contributed by atoms with Gasteiger partial charge in [0.15, 0.2) is 5.13 Å². The van der Waals surface area contributed by atoms with E-state index < -0.39 is 0 Å².